The Hall–Kier alpha value is -2.60. The van der Waals surface area contributed by atoms with E-state index in [0.717, 1.165) is 49.9 Å². The normalized spacial score (nSPS) is 14.9. The molecule has 0 aromatic heterocycles. The first-order valence-corrected chi connectivity index (χ1v) is 9.43. The summed E-state index contributed by atoms with van der Waals surface area (Å²) >= 11 is 0. The van der Waals surface area contributed by atoms with Crippen LogP contribution in [-0.2, 0) is 17.8 Å². The van der Waals surface area contributed by atoms with E-state index < -0.39 is 0 Å². The highest BCUT2D eigenvalue weighted by atomic mass is 19.1. The molecule has 1 fully saturated rings. The minimum atomic E-state index is -0.222. The molecule has 1 heterocycles. The van der Waals surface area contributed by atoms with Gasteiger partial charge in [-0.1, -0.05) is 24.3 Å². The summed E-state index contributed by atoms with van der Waals surface area (Å²) in [4.78, 5) is 6.98. The highest BCUT2D eigenvalue weighted by Gasteiger charge is 2.10. The minimum Gasteiger partial charge on any atom is -0.378 e. The first-order chi connectivity index (χ1) is 13.2. The molecule has 5 nitrogen and oxygen atoms in total. The van der Waals surface area contributed by atoms with Crippen LogP contribution in [0.2, 0.25) is 0 Å². The summed E-state index contributed by atoms with van der Waals surface area (Å²) in [5.41, 5.74) is 3.40. The molecule has 0 amide bonds. The molecule has 0 atom stereocenters. The molecule has 144 valence electrons. The maximum Gasteiger partial charge on any atom is 0.191 e. The molecular weight excluding hydrogens is 343 g/mol. The van der Waals surface area contributed by atoms with Gasteiger partial charge in [0.1, 0.15) is 5.82 Å². The van der Waals surface area contributed by atoms with E-state index in [1.54, 1.807) is 12.1 Å². The Morgan fingerprint density at radius 2 is 1.67 bits per heavy atom. The monoisotopic (exact) mass is 370 g/mol. The minimum absolute atomic E-state index is 0.222. The Balaban J connectivity index is 1.56. The van der Waals surface area contributed by atoms with Crippen molar-refractivity contribution in [2.75, 3.05) is 37.7 Å². The zero-order chi connectivity index (χ0) is 18.9. The SMILES string of the molecule is CCNC(=NCc1ccc(N2CCOCC2)cc1)NCc1ccc(F)cc1. The molecule has 0 spiro atoms. The van der Waals surface area contributed by atoms with Crippen LogP contribution in [0.1, 0.15) is 18.1 Å². The van der Waals surface area contributed by atoms with Crippen LogP contribution in [0.5, 0.6) is 0 Å². The lowest BCUT2D eigenvalue weighted by Crippen LogP contribution is -2.36. The number of anilines is 1. The molecule has 2 aromatic rings. The lowest BCUT2D eigenvalue weighted by molar-refractivity contribution is 0.122. The zero-order valence-corrected chi connectivity index (χ0v) is 15.7. The first kappa shape index (κ1) is 19.2. The van der Waals surface area contributed by atoms with Crippen LogP contribution in [0.25, 0.3) is 0 Å². The standard InChI is InChI=1S/C21H27FN4O/c1-2-23-21(24-15-17-3-7-19(22)8-4-17)25-16-18-5-9-20(10-6-18)26-11-13-27-14-12-26/h3-10H,2,11-16H2,1H3,(H2,23,24,25). The lowest BCUT2D eigenvalue weighted by atomic mass is 10.2. The van der Waals surface area contributed by atoms with E-state index in [1.165, 1.54) is 17.8 Å². The van der Waals surface area contributed by atoms with Crippen molar-refractivity contribution in [2.24, 2.45) is 4.99 Å². The van der Waals surface area contributed by atoms with E-state index in [0.29, 0.717) is 13.1 Å². The fourth-order valence-electron chi connectivity index (χ4n) is 2.93. The molecule has 1 aliphatic rings. The number of nitrogens with zero attached hydrogens (tertiary/aromatic N) is 2. The number of ether oxygens (including phenoxy) is 1. The van der Waals surface area contributed by atoms with Crippen LogP contribution < -0.4 is 15.5 Å². The van der Waals surface area contributed by atoms with Gasteiger partial charge >= 0.3 is 0 Å². The summed E-state index contributed by atoms with van der Waals surface area (Å²) in [5.74, 6) is 0.527. The summed E-state index contributed by atoms with van der Waals surface area (Å²) < 4.78 is 18.4. The number of morpholine rings is 1. The van der Waals surface area contributed by atoms with Gasteiger partial charge in [-0.05, 0) is 42.3 Å². The van der Waals surface area contributed by atoms with E-state index in [9.17, 15) is 4.39 Å². The van der Waals surface area contributed by atoms with Crippen LogP contribution in [0.3, 0.4) is 0 Å². The fourth-order valence-corrected chi connectivity index (χ4v) is 2.93. The summed E-state index contributed by atoms with van der Waals surface area (Å²) in [6, 6.07) is 15.0. The topological polar surface area (TPSA) is 48.9 Å². The largest absolute Gasteiger partial charge is 0.378 e. The molecule has 2 N–H and O–H groups in total. The van der Waals surface area contributed by atoms with Gasteiger partial charge < -0.3 is 20.3 Å². The zero-order valence-electron chi connectivity index (χ0n) is 15.7. The Kier molecular flexibility index (Phi) is 7.04. The lowest BCUT2D eigenvalue weighted by Gasteiger charge is -2.28. The maximum atomic E-state index is 13.0. The Morgan fingerprint density at radius 1 is 1.00 bits per heavy atom. The summed E-state index contributed by atoms with van der Waals surface area (Å²) in [7, 11) is 0. The van der Waals surface area contributed by atoms with Crippen LogP contribution in [0, 0.1) is 5.82 Å². The van der Waals surface area contributed by atoms with Crippen molar-refractivity contribution < 1.29 is 9.13 Å². The van der Waals surface area contributed by atoms with E-state index >= 15 is 0 Å². The second-order valence-electron chi connectivity index (χ2n) is 6.44. The smallest absolute Gasteiger partial charge is 0.191 e. The van der Waals surface area contributed by atoms with Gasteiger partial charge in [0.05, 0.1) is 19.8 Å². The molecule has 0 saturated carbocycles. The molecule has 1 saturated heterocycles. The van der Waals surface area contributed by atoms with Gasteiger partial charge in [0.15, 0.2) is 5.96 Å². The number of hydrogen-bond donors (Lipinski definition) is 2. The molecular formula is C21H27FN4O. The fraction of sp³-hybridized carbons (Fsp3) is 0.381. The summed E-state index contributed by atoms with van der Waals surface area (Å²) in [6.07, 6.45) is 0. The highest BCUT2D eigenvalue weighted by Crippen LogP contribution is 2.17. The molecule has 0 bridgehead atoms. The third kappa shape index (κ3) is 5.96. The van der Waals surface area contributed by atoms with Gasteiger partial charge in [0.2, 0.25) is 0 Å². The average molecular weight is 370 g/mol. The molecule has 27 heavy (non-hydrogen) atoms. The Morgan fingerprint density at radius 3 is 2.33 bits per heavy atom. The van der Waals surface area contributed by atoms with Crippen LogP contribution in [-0.4, -0.2) is 38.8 Å². The molecule has 2 aromatic carbocycles. The van der Waals surface area contributed by atoms with Crippen molar-refractivity contribution >= 4 is 11.6 Å². The van der Waals surface area contributed by atoms with Crippen molar-refractivity contribution in [3.8, 4) is 0 Å². The van der Waals surface area contributed by atoms with E-state index in [2.05, 4.69) is 44.8 Å². The number of guanidine groups is 1. The van der Waals surface area contributed by atoms with Gasteiger partial charge in [-0.25, -0.2) is 9.38 Å². The van der Waals surface area contributed by atoms with E-state index in [1.807, 2.05) is 6.92 Å². The summed E-state index contributed by atoms with van der Waals surface area (Å²) in [5, 5.41) is 6.52. The van der Waals surface area contributed by atoms with Gasteiger partial charge in [0.25, 0.3) is 0 Å². The van der Waals surface area contributed by atoms with Crippen LogP contribution in [0.15, 0.2) is 53.5 Å². The van der Waals surface area contributed by atoms with Crippen molar-refractivity contribution in [2.45, 2.75) is 20.0 Å². The first-order valence-electron chi connectivity index (χ1n) is 9.43. The van der Waals surface area contributed by atoms with Gasteiger partial charge in [-0.3, -0.25) is 0 Å². The predicted octanol–water partition coefficient (Wildman–Crippen LogP) is 2.92. The third-order valence-corrected chi connectivity index (χ3v) is 4.45. The highest BCUT2D eigenvalue weighted by molar-refractivity contribution is 5.79. The number of halogens is 1. The Bertz CT molecular complexity index is 725. The molecule has 6 heteroatoms. The number of aliphatic imine (C=N–C) groups is 1. The predicted molar refractivity (Wildman–Crippen MR) is 108 cm³/mol. The second kappa shape index (κ2) is 9.92. The van der Waals surface area contributed by atoms with Crippen molar-refractivity contribution in [3.05, 3.63) is 65.5 Å². The number of rotatable bonds is 6. The van der Waals surface area contributed by atoms with Gasteiger partial charge in [-0.15, -0.1) is 0 Å². The van der Waals surface area contributed by atoms with Crippen LogP contribution >= 0.6 is 0 Å². The third-order valence-electron chi connectivity index (χ3n) is 4.45. The molecule has 3 rings (SSSR count). The average Bonchev–Trinajstić information content (AvgIpc) is 2.72. The molecule has 0 unspecified atom stereocenters. The number of hydrogen-bond acceptors (Lipinski definition) is 3. The quantitative estimate of drug-likeness (QED) is 0.606. The number of benzene rings is 2. The number of nitrogens with one attached hydrogen (secondary N) is 2. The van der Waals surface area contributed by atoms with Crippen LogP contribution in [0.4, 0.5) is 10.1 Å². The Labute approximate surface area is 160 Å². The van der Waals surface area contributed by atoms with E-state index in [-0.39, 0.29) is 5.82 Å². The van der Waals surface area contributed by atoms with Gasteiger partial charge in [0, 0.05) is 31.9 Å². The van der Waals surface area contributed by atoms with Crippen molar-refractivity contribution in [3.63, 3.8) is 0 Å². The molecule has 0 radical (unpaired) electrons. The molecule has 1 aliphatic heterocycles. The second-order valence-corrected chi connectivity index (χ2v) is 6.44. The van der Waals surface area contributed by atoms with Crippen molar-refractivity contribution in [1.82, 2.24) is 10.6 Å². The van der Waals surface area contributed by atoms with Crippen molar-refractivity contribution in [1.29, 1.82) is 0 Å². The molecule has 0 aliphatic carbocycles. The summed E-state index contributed by atoms with van der Waals surface area (Å²) in [6.45, 7) is 7.47. The van der Waals surface area contributed by atoms with E-state index in [4.69, 9.17) is 4.74 Å². The van der Waals surface area contributed by atoms with Gasteiger partial charge in [-0.2, -0.15) is 0 Å². The maximum absolute atomic E-state index is 13.0.